The number of hydrogen-bond donors (Lipinski definition) is 1. The van der Waals surface area contributed by atoms with Crippen molar-refractivity contribution in [3.8, 4) is 0 Å². The number of amidine groups is 1. The molecule has 0 aromatic heterocycles. The predicted octanol–water partition coefficient (Wildman–Crippen LogP) is 3.18. The van der Waals surface area contributed by atoms with Crippen molar-refractivity contribution in [3.63, 3.8) is 0 Å². The summed E-state index contributed by atoms with van der Waals surface area (Å²) in [6, 6.07) is 0. The molecule has 0 fully saturated rings. The van der Waals surface area contributed by atoms with Gasteiger partial charge in [-0.1, -0.05) is 17.7 Å². The van der Waals surface area contributed by atoms with E-state index in [0.29, 0.717) is 0 Å². The topological polar surface area (TPSA) is 24.4 Å². The van der Waals surface area contributed by atoms with E-state index < -0.39 is 0 Å². The van der Waals surface area contributed by atoms with Crippen molar-refractivity contribution < 1.29 is 0 Å². The molecule has 76 valence electrons. The minimum Gasteiger partial charge on any atom is -0.347 e. The van der Waals surface area contributed by atoms with Crippen molar-refractivity contribution in [3.05, 3.63) is 33.6 Å². The second-order valence-corrected chi connectivity index (χ2v) is 4.59. The van der Waals surface area contributed by atoms with Crippen LogP contribution >= 0.6 is 22.6 Å². The standard InChI is InChI=1S/C11H15IN2/c1-9(2)10(12)8-14-11-6-4-3-5-7-13-11/h4-7H,3,8H2,1-2H3,(H,13,14). The Kier molecular flexibility index (Phi) is 4.93. The van der Waals surface area contributed by atoms with Gasteiger partial charge in [0.2, 0.25) is 0 Å². The molecule has 1 heterocycles. The third-order valence-electron chi connectivity index (χ3n) is 1.83. The fraction of sp³-hybridized carbons (Fsp3) is 0.364. The lowest BCUT2D eigenvalue weighted by molar-refractivity contribution is 1.15. The highest BCUT2D eigenvalue weighted by atomic mass is 127. The molecule has 14 heavy (non-hydrogen) atoms. The Morgan fingerprint density at radius 3 is 3.00 bits per heavy atom. The summed E-state index contributed by atoms with van der Waals surface area (Å²) < 4.78 is 1.30. The first-order valence-electron chi connectivity index (χ1n) is 4.64. The maximum atomic E-state index is 4.47. The van der Waals surface area contributed by atoms with Crippen LogP contribution in [0.3, 0.4) is 0 Å². The predicted molar refractivity (Wildman–Crippen MR) is 70.7 cm³/mol. The van der Waals surface area contributed by atoms with Gasteiger partial charge >= 0.3 is 0 Å². The Hall–Kier alpha value is -0.580. The summed E-state index contributed by atoms with van der Waals surface area (Å²) in [6.07, 6.45) is 9.12. The van der Waals surface area contributed by atoms with E-state index >= 15 is 0 Å². The summed E-state index contributed by atoms with van der Waals surface area (Å²) >= 11 is 2.34. The average molecular weight is 302 g/mol. The molecule has 3 heteroatoms. The lowest BCUT2D eigenvalue weighted by Gasteiger charge is -2.01. The van der Waals surface area contributed by atoms with Gasteiger partial charge in [0.15, 0.2) is 0 Å². The highest BCUT2D eigenvalue weighted by Crippen LogP contribution is 2.12. The second-order valence-electron chi connectivity index (χ2n) is 3.29. The summed E-state index contributed by atoms with van der Waals surface area (Å²) in [5, 5.41) is 3.13. The zero-order valence-electron chi connectivity index (χ0n) is 8.55. The average Bonchev–Trinajstić information content (AvgIpc) is 2.42. The van der Waals surface area contributed by atoms with Crippen molar-refractivity contribution in [1.29, 1.82) is 0 Å². The lowest BCUT2D eigenvalue weighted by atomic mass is 10.3. The molecule has 0 aromatic carbocycles. The van der Waals surface area contributed by atoms with Crippen LogP contribution in [-0.2, 0) is 0 Å². The quantitative estimate of drug-likeness (QED) is 0.779. The second kappa shape index (κ2) is 6.01. The fourth-order valence-corrected chi connectivity index (χ4v) is 1.10. The molecule has 1 rings (SSSR count). The molecule has 0 saturated carbocycles. The molecule has 0 atom stereocenters. The van der Waals surface area contributed by atoms with Gasteiger partial charge in [0.1, 0.15) is 5.84 Å². The minimum atomic E-state index is 0.767. The Balaban J connectivity index is 2.60. The Morgan fingerprint density at radius 1 is 1.50 bits per heavy atom. The number of rotatable bonds is 2. The largest absolute Gasteiger partial charge is 0.347 e. The molecule has 0 bridgehead atoms. The van der Waals surface area contributed by atoms with Crippen LogP contribution in [0.1, 0.15) is 20.3 Å². The van der Waals surface area contributed by atoms with E-state index in [1.54, 1.807) is 0 Å². The molecule has 0 amide bonds. The molecule has 0 saturated heterocycles. The molecular weight excluding hydrogens is 287 g/mol. The minimum absolute atomic E-state index is 0.767. The van der Waals surface area contributed by atoms with Crippen molar-refractivity contribution >= 4 is 28.4 Å². The van der Waals surface area contributed by atoms with E-state index in [-0.39, 0.29) is 0 Å². The number of allylic oxidation sites excluding steroid dienone is 3. The lowest BCUT2D eigenvalue weighted by Crippen LogP contribution is -2.14. The first-order chi connectivity index (χ1) is 6.70. The van der Waals surface area contributed by atoms with Gasteiger partial charge in [-0.2, -0.15) is 0 Å². The number of nitrogens with one attached hydrogen (secondary N) is 1. The Morgan fingerprint density at radius 2 is 2.29 bits per heavy atom. The number of aliphatic imine (C=N–C) groups is 1. The van der Waals surface area contributed by atoms with E-state index in [1.165, 1.54) is 9.15 Å². The van der Waals surface area contributed by atoms with Crippen LogP contribution < -0.4 is 5.32 Å². The van der Waals surface area contributed by atoms with Crippen LogP contribution in [0.25, 0.3) is 0 Å². The smallest absolute Gasteiger partial charge is 0.124 e. The third kappa shape index (κ3) is 4.09. The molecule has 0 aromatic rings. The summed E-state index contributed by atoms with van der Waals surface area (Å²) in [6.45, 7) is 4.99. The first kappa shape index (κ1) is 11.5. The zero-order chi connectivity index (χ0) is 10.4. The molecular formula is C11H15IN2. The summed E-state index contributed by atoms with van der Waals surface area (Å²) in [4.78, 5) is 4.47. The molecule has 2 nitrogen and oxygen atoms in total. The van der Waals surface area contributed by atoms with Crippen LogP contribution in [0, 0.1) is 0 Å². The molecule has 0 aliphatic carbocycles. The van der Waals surface area contributed by atoms with Crippen LogP contribution in [0.15, 0.2) is 38.6 Å². The molecule has 0 radical (unpaired) electrons. The summed E-state index contributed by atoms with van der Waals surface area (Å²) in [5.74, 6) is 0.939. The molecule has 0 spiro atoms. The van der Waals surface area contributed by atoms with Crippen LogP contribution in [0.5, 0.6) is 0 Å². The first-order valence-corrected chi connectivity index (χ1v) is 5.72. The highest BCUT2D eigenvalue weighted by molar-refractivity contribution is 14.1. The summed E-state index contributed by atoms with van der Waals surface area (Å²) in [7, 11) is 0. The maximum Gasteiger partial charge on any atom is 0.124 e. The maximum absolute atomic E-state index is 4.47. The van der Waals surface area contributed by atoms with Crippen LogP contribution in [0.4, 0.5) is 0 Å². The third-order valence-corrected chi connectivity index (χ3v) is 3.25. The van der Waals surface area contributed by atoms with E-state index in [9.17, 15) is 0 Å². The summed E-state index contributed by atoms with van der Waals surface area (Å²) in [5.41, 5.74) is 1.34. The normalized spacial score (nSPS) is 17.8. The van der Waals surface area contributed by atoms with Gasteiger partial charge in [0.25, 0.3) is 0 Å². The van der Waals surface area contributed by atoms with E-state index in [2.05, 4.69) is 58.9 Å². The molecule has 0 unspecified atom stereocenters. The van der Waals surface area contributed by atoms with Crippen LogP contribution in [0.2, 0.25) is 0 Å². The monoisotopic (exact) mass is 302 g/mol. The van der Waals surface area contributed by atoms with Gasteiger partial charge in [0, 0.05) is 3.58 Å². The number of halogens is 1. The number of nitrogens with zero attached hydrogens (tertiary/aromatic N) is 1. The van der Waals surface area contributed by atoms with Crippen molar-refractivity contribution in [2.45, 2.75) is 20.3 Å². The number of hydrogen-bond acceptors (Lipinski definition) is 1. The van der Waals surface area contributed by atoms with Crippen molar-refractivity contribution in [2.75, 3.05) is 6.54 Å². The molecule has 1 N–H and O–H groups in total. The van der Waals surface area contributed by atoms with Gasteiger partial charge < -0.3 is 5.32 Å². The van der Waals surface area contributed by atoms with E-state index in [4.69, 9.17) is 0 Å². The van der Waals surface area contributed by atoms with Crippen LogP contribution in [-0.4, -0.2) is 12.4 Å². The van der Waals surface area contributed by atoms with Gasteiger partial charge in [0.05, 0.1) is 6.54 Å². The Bertz CT molecular complexity index is 307. The van der Waals surface area contributed by atoms with Gasteiger partial charge in [-0.3, -0.25) is 4.99 Å². The van der Waals surface area contributed by atoms with Crippen molar-refractivity contribution in [2.24, 2.45) is 4.99 Å². The SMILES string of the molecule is CC(C)=C(I)CN=C1C=CCC=CN1. The molecule has 1 aliphatic heterocycles. The highest BCUT2D eigenvalue weighted by Gasteiger charge is 1.95. The van der Waals surface area contributed by atoms with Crippen molar-refractivity contribution in [1.82, 2.24) is 5.32 Å². The van der Waals surface area contributed by atoms with E-state index in [1.807, 2.05) is 12.3 Å². The van der Waals surface area contributed by atoms with Gasteiger partial charge in [-0.05, 0) is 55.1 Å². The van der Waals surface area contributed by atoms with Gasteiger partial charge in [-0.25, -0.2) is 0 Å². The van der Waals surface area contributed by atoms with E-state index in [0.717, 1.165) is 18.8 Å². The fourth-order valence-electron chi connectivity index (χ4n) is 0.930. The van der Waals surface area contributed by atoms with Gasteiger partial charge in [-0.15, -0.1) is 0 Å². The Labute approximate surface area is 99.0 Å². The molecule has 1 aliphatic rings. The zero-order valence-corrected chi connectivity index (χ0v) is 10.7.